The highest BCUT2D eigenvalue weighted by Crippen LogP contribution is 2.32. The molecule has 0 bridgehead atoms. The zero-order valence-electron chi connectivity index (χ0n) is 14.5. The summed E-state index contributed by atoms with van der Waals surface area (Å²) < 4.78 is 5.63. The van der Waals surface area contributed by atoms with Gasteiger partial charge in [0.05, 0.1) is 25.0 Å². The van der Waals surface area contributed by atoms with E-state index in [1.165, 1.54) is 19.3 Å². The van der Waals surface area contributed by atoms with E-state index in [9.17, 15) is 4.79 Å². The summed E-state index contributed by atoms with van der Waals surface area (Å²) in [7, 11) is 0. The van der Waals surface area contributed by atoms with Gasteiger partial charge in [0.2, 0.25) is 0 Å². The van der Waals surface area contributed by atoms with Crippen LogP contribution in [0.4, 0.5) is 0 Å². The number of rotatable bonds is 4. The maximum absolute atomic E-state index is 13.1. The molecular weight excluding hydrogens is 334 g/mol. The number of amides is 1. The molecule has 6 heteroatoms. The van der Waals surface area contributed by atoms with Gasteiger partial charge in [0, 0.05) is 6.54 Å². The molecular formula is C19H25N3O2S. The summed E-state index contributed by atoms with van der Waals surface area (Å²) in [4.78, 5) is 22.8. The predicted octanol–water partition coefficient (Wildman–Crippen LogP) is 4.09. The number of hydrogen-bond donors (Lipinski definition) is 0. The predicted molar refractivity (Wildman–Crippen MR) is 97.6 cm³/mol. The summed E-state index contributed by atoms with van der Waals surface area (Å²) >= 11 is 1.55. The molecule has 1 atom stereocenters. The number of carbonyl (C=O) groups excluding carboxylic acids is 1. The van der Waals surface area contributed by atoms with Crippen LogP contribution in [0.3, 0.4) is 0 Å². The molecule has 2 aromatic rings. The zero-order chi connectivity index (χ0) is 17.1. The molecule has 2 aliphatic heterocycles. The lowest BCUT2D eigenvalue weighted by Crippen LogP contribution is -2.34. The maximum Gasteiger partial charge on any atom is 0.266 e. The van der Waals surface area contributed by atoms with Gasteiger partial charge in [-0.15, -0.1) is 11.3 Å². The van der Waals surface area contributed by atoms with Crippen LogP contribution in [0, 0.1) is 0 Å². The number of carbonyl (C=O) groups is 1. The fraction of sp³-hybridized carbons (Fsp3) is 0.579. The Labute approximate surface area is 152 Å². The highest BCUT2D eigenvalue weighted by molar-refractivity contribution is 7.13. The topological polar surface area (TPSA) is 49.6 Å². The molecule has 0 saturated carbocycles. The molecule has 2 saturated heterocycles. The van der Waals surface area contributed by atoms with E-state index in [2.05, 4.69) is 9.88 Å². The minimum atomic E-state index is 0.0501. The van der Waals surface area contributed by atoms with Crippen LogP contribution in [0.15, 0.2) is 29.0 Å². The van der Waals surface area contributed by atoms with Gasteiger partial charge in [-0.1, -0.05) is 12.8 Å². The van der Waals surface area contributed by atoms with Crippen molar-refractivity contribution in [3.63, 3.8) is 0 Å². The van der Waals surface area contributed by atoms with E-state index in [-0.39, 0.29) is 11.9 Å². The largest absolute Gasteiger partial charge is 0.467 e. The first-order valence-corrected chi connectivity index (χ1v) is 10.1. The monoisotopic (exact) mass is 359 g/mol. The Morgan fingerprint density at radius 1 is 1.20 bits per heavy atom. The molecule has 134 valence electrons. The number of furan rings is 1. The standard InChI is InChI=1S/C19H25N3O2S/c23-19(17-13-20-18(25-17)14-21-9-4-5-10-21)22-11-3-1-2-7-15(22)16-8-6-12-24-16/h6,8,12-13,15H,1-5,7,9-11,14H2/t15-/m1/s1. The molecule has 0 N–H and O–H groups in total. The summed E-state index contributed by atoms with van der Waals surface area (Å²) in [6, 6.07) is 3.94. The summed E-state index contributed by atoms with van der Waals surface area (Å²) in [5.74, 6) is 1.01. The van der Waals surface area contributed by atoms with Crippen molar-refractivity contribution >= 4 is 17.2 Å². The van der Waals surface area contributed by atoms with Gasteiger partial charge >= 0.3 is 0 Å². The van der Waals surface area contributed by atoms with Gasteiger partial charge in [0.25, 0.3) is 5.91 Å². The minimum Gasteiger partial charge on any atom is -0.467 e. The van der Waals surface area contributed by atoms with Crippen LogP contribution in [0.2, 0.25) is 0 Å². The number of thiazole rings is 1. The van der Waals surface area contributed by atoms with Gasteiger partial charge in [-0.25, -0.2) is 4.98 Å². The summed E-state index contributed by atoms with van der Waals surface area (Å²) in [6.45, 7) is 3.97. The normalized spacial score (nSPS) is 22.2. The molecule has 0 radical (unpaired) electrons. The molecule has 0 spiro atoms. The first-order chi connectivity index (χ1) is 12.3. The maximum atomic E-state index is 13.1. The quantitative estimate of drug-likeness (QED) is 0.825. The van der Waals surface area contributed by atoms with E-state index in [4.69, 9.17) is 4.42 Å². The highest BCUT2D eigenvalue weighted by atomic mass is 32.1. The van der Waals surface area contributed by atoms with Crippen LogP contribution in [0.1, 0.15) is 65.0 Å². The number of nitrogens with zero attached hydrogens (tertiary/aromatic N) is 3. The molecule has 4 heterocycles. The van der Waals surface area contributed by atoms with Crippen molar-refractivity contribution in [2.75, 3.05) is 19.6 Å². The smallest absolute Gasteiger partial charge is 0.266 e. The van der Waals surface area contributed by atoms with E-state index in [0.29, 0.717) is 0 Å². The average molecular weight is 359 g/mol. The van der Waals surface area contributed by atoms with Crippen LogP contribution in [-0.2, 0) is 6.54 Å². The van der Waals surface area contributed by atoms with E-state index in [0.717, 1.165) is 61.1 Å². The molecule has 2 fully saturated rings. The van der Waals surface area contributed by atoms with Crippen molar-refractivity contribution in [3.8, 4) is 0 Å². The van der Waals surface area contributed by atoms with Gasteiger partial charge in [-0.3, -0.25) is 9.69 Å². The van der Waals surface area contributed by atoms with Crippen molar-refractivity contribution in [3.05, 3.63) is 40.2 Å². The van der Waals surface area contributed by atoms with Gasteiger partial charge in [-0.05, 0) is 50.9 Å². The molecule has 25 heavy (non-hydrogen) atoms. The third-order valence-electron chi connectivity index (χ3n) is 5.21. The van der Waals surface area contributed by atoms with Gasteiger partial charge in [-0.2, -0.15) is 0 Å². The first-order valence-electron chi connectivity index (χ1n) is 9.33. The Bertz CT molecular complexity index is 691. The third kappa shape index (κ3) is 3.80. The fourth-order valence-corrected chi connectivity index (χ4v) is 4.80. The molecule has 2 aliphatic rings. The van der Waals surface area contributed by atoms with Crippen LogP contribution in [0.5, 0.6) is 0 Å². The number of likely N-dealkylation sites (tertiary alicyclic amines) is 2. The molecule has 0 unspecified atom stereocenters. The second-order valence-electron chi connectivity index (χ2n) is 6.98. The second kappa shape index (κ2) is 7.70. The Morgan fingerprint density at radius 2 is 2.04 bits per heavy atom. The molecule has 5 nitrogen and oxygen atoms in total. The van der Waals surface area contributed by atoms with E-state index in [1.54, 1.807) is 23.8 Å². The van der Waals surface area contributed by atoms with Crippen molar-refractivity contribution in [2.45, 2.75) is 51.1 Å². The SMILES string of the molecule is O=C(c1cnc(CN2CCCC2)s1)N1CCCCC[C@@H]1c1ccco1. The van der Waals surface area contributed by atoms with Gasteiger partial charge in [0.1, 0.15) is 15.6 Å². The fourth-order valence-electron chi connectivity index (χ4n) is 3.88. The molecule has 0 aromatic carbocycles. The lowest BCUT2D eigenvalue weighted by Gasteiger charge is -2.28. The zero-order valence-corrected chi connectivity index (χ0v) is 15.3. The molecule has 2 aromatic heterocycles. The number of aromatic nitrogens is 1. The third-order valence-corrected chi connectivity index (χ3v) is 6.18. The van der Waals surface area contributed by atoms with Gasteiger partial charge < -0.3 is 9.32 Å². The van der Waals surface area contributed by atoms with Gasteiger partial charge in [0.15, 0.2) is 0 Å². The Kier molecular flexibility index (Phi) is 5.17. The van der Waals surface area contributed by atoms with Crippen LogP contribution < -0.4 is 0 Å². The molecule has 0 aliphatic carbocycles. The molecule has 4 rings (SSSR count). The van der Waals surface area contributed by atoms with Crippen molar-refractivity contribution in [1.82, 2.24) is 14.8 Å². The highest BCUT2D eigenvalue weighted by Gasteiger charge is 2.30. The van der Waals surface area contributed by atoms with Crippen molar-refractivity contribution in [2.24, 2.45) is 0 Å². The Morgan fingerprint density at radius 3 is 2.84 bits per heavy atom. The van der Waals surface area contributed by atoms with Crippen molar-refractivity contribution in [1.29, 1.82) is 0 Å². The molecule has 1 amide bonds. The Hall–Kier alpha value is -1.66. The first kappa shape index (κ1) is 16.8. The second-order valence-corrected chi connectivity index (χ2v) is 8.10. The number of hydrogen-bond acceptors (Lipinski definition) is 5. The van der Waals surface area contributed by atoms with Crippen molar-refractivity contribution < 1.29 is 9.21 Å². The van der Waals surface area contributed by atoms with Crippen LogP contribution in [-0.4, -0.2) is 40.3 Å². The summed E-state index contributed by atoms with van der Waals surface area (Å²) in [5, 5.41) is 1.05. The summed E-state index contributed by atoms with van der Waals surface area (Å²) in [6.07, 6.45) is 10.3. The summed E-state index contributed by atoms with van der Waals surface area (Å²) in [5.41, 5.74) is 0. The minimum absolute atomic E-state index is 0.0501. The lowest BCUT2D eigenvalue weighted by atomic mass is 10.1. The van der Waals surface area contributed by atoms with E-state index < -0.39 is 0 Å². The Balaban J connectivity index is 1.50. The van der Waals surface area contributed by atoms with Crippen LogP contribution in [0.25, 0.3) is 0 Å². The van der Waals surface area contributed by atoms with E-state index >= 15 is 0 Å². The van der Waals surface area contributed by atoms with Crippen LogP contribution >= 0.6 is 11.3 Å². The lowest BCUT2D eigenvalue weighted by molar-refractivity contribution is 0.0663. The average Bonchev–Trinajstić information content (AvgIpc) is 3.36. The van der Waals surface area contributed by atoms with E-state index in [1.807, 2.05) is 17.0 Å².